The molecular formula is C20H27N5O. The number of carbonyl (C=O) groups is 1. The lowest BCUT2D eigenvalue weighted by Gasteiger charge is -2.45. The van der Waals surface area contributed by atoms with Crippen molar-refractivity contribution in [3.63, 3.8) is 0 Å². The van der Waals surface area contributed by atoms with Gasteiger partial charge in [-0.15, -0.1) is 0 Å². The number of imidazole rings is 1. The first-order chi connectivity index (χ1) is 12.7. The van der Waals surface area contributed by atoms with Crippen LogP contribution in [0.25, 0.3) is 5.69 Å². The molecule has 2 aliphatic heterocycles. The molecule has 6 heteroatoms. The van der Waals surface area contributed by atoms with Gasteiger partial charge >= 0.3 is 0 Å². The molecule has 0 atom stereocenters. The average molecular weight is 353 g/mol. The first-order valence-electron chi connectivity index (χ1n) is 9.47. The van der Waals surface area contributed by atoms with Crippen LogP contribution < -0.4 is 5.32 Å². The van der Waals surface area contributed by atoms with Gasteiger partial charge in [0.2, 0.25) is 5.91 Å². The number of likely N-dealkylation sites (tertiary alicyclic amines) is 1. The van der Waals surface area contributed by atoms with Crippen molar-refractivity contribution in [1.82, 2.24) is 24.7 Å². The van der Waals surface area contributed by atoms with Gasteiger partial charge in [0.15, 0.2) is 0 Å². The minimum absolute atomic E-state index is 0.224. The van der Waals surface area contributed by atoms with E-state index in [4.69, 9.17) is 0 Å². The number of likely N-dealkylation sites (N-methyl/N-ethyl adjacent to an activating group) is 1. The van der Waals surface area contributed by atoms with Gasteiger partial charge in [0, 0.05) is 50.8 Å². The topological polar surface area (TPSA) is 53.4 Å². The highest BCUT2D eigenvalue weighted by molar-refractivity contribution is 5.86. The zero-order valence-corrected chi connectivity index (χ0v) is 15.4. The fraction of sp³-hybridized carbons (Fsp3) is 0.500. The maximum absolute atomic E-state index is 12.6. The van der Waals surface area contributed by atoms with E-state index in [0.717, 1.165) is 57.7 Å². The van der Waals surface area contributed by atoms with Gasteiger partial charge in [0.05, 0.1) is 6.33 Å². The molecule has 4 rings (SSSR count). The molecule has 26 heavy (non-hydrogen) atoms. The van der Waals surface area contributed by atoms with Crippen LogP contribution in [0.5, 0.6) is 0 Å². The number of aromatic nitrogens is 2. The first-order valence-corrected chi connectivity index (χ1v) is 9.47. The van der Waals surface area contributed by atoms with Gasteiger partial charge in [0.25, 0.3) is 0 Å². The Morgan fingerprint density at radius 2 is 1.92 bits per heavy atom. The summed E-state index contributed by atoms with van der Waals surface area (Å²) in [7, 11) is 2.11. The van der Waals surface area contributed by atoms with Gasteiger partial charge in [-0.25, -0.2) is 4.98 Å². The summed E-state index contributed by atoms with van der Waals surface area (Å²) in [5.74, 6) is 0.224. The van der Waals surface area contributed by atoms with E-state index in [1.165, 1.54) is 5.56 Å². The maximum Gasteiger partial charge on any atom is 0.240 e. The summed E-state index contributed by atoms with van der Waals surface area (Å²) < 4.78 is 2.01. The summed E-state index contributed by atoms with van der Waals surface area (Å²) in [5, 5.41) is 3.11. The van der Waals surface area contributed by atoms with Crippen LogP contribution >= 0.6 is 0 Å². The fourth-order valence-electron chi connectivity index (χ4n) is 4.20. The predicted molar refractivity (Wildman–Crippen MR) is 101 cm³/mol. The van der Waals surface area contributed by atoms with E-state index in [2.05, 4.69) is 51.4 Å². The lowest BCUT2D eigenvalue weighted by molar-refractivity contribution is -0.134. The lowest BCUT2D eigenvalue weighted by atomic mass is 9.85. The summed E-state index contributed by atoms with van der Waals surface area (Å²) in [5.41, 5.74) is 2.13. The van der Waals surface area contributed by atoms with E-state index in [-0.39, 0.29) is 11.4 Å². The minimum atomic E-state index is -0.307. The van der Waals surface area contributed by atoms with E-state index < -0.39 is 0 Å². The van der Waals surface area contributed by atoms with Crippen LogP contribution in [-0.4, -0.2) is 64.0 Å². The first kappa shape index (κ1) is 17.2. The molecule has 138 valence electrons. The summed E-state index contributed by atoms with van der Waals surface area (Å²) in [6, 6.07) is 8.64. The van der Waals surface area contributed by atoms with Crippen LogP contribution in [-0.2, 0) is 11.3 Å². The molecule has 1 aromatic carbocycles. The Morgan fingerprint density at radius 1 is 1.15 bits per heavy atom. The zero-order chi connectivity index (χ0) is 18.0. The fourth-order valence-corrected chi connectivity index (χ4v) is 4.20. The molecule has 0 aliphatic carbocycles. The summed E-state index contributed by atoms with van der Waals surface area (Å²) >= 11 is 0. The van der Waals surface area contributed by atoms with Crippen molar-refractivity contribution < 1.29 is 4.79 Å². The van der Waals surface area contributed by atoms with Crippen LogP contribution in [0.1, 0.15) is 24.8 Å². The quantitative estimate of drug-likeness (QED) is 0.912. The summed E-state index contributed by atoms with van der Waals surface area (Å²) in [6.45, 7) is 4.65. The largest absolute Gasteiger partial charge is 0.354 e. The van der Waals surface area contributed by atoms with E-state index >= 15 is 0 Å². The molecule has 2 aliphatic rings. The van der Waals surface area contributed by atoms with E-state index in [0.29, 0.717) is 0 Å². The van der Waals surface area contributed by atoms with Crippen molar-refractivity contribution in [2.24, 2.45) is 0 Å². The number of hydrogen-bond acceptors (Lipinski definition) is 4. The third-order valence-electron chi connectivity index (χ3n) is 5.94. The van der Waals surface area contributed by atoms with E-state index in [9.17, 15) is 4.79 Å². The smallest absolute Gasteiger partial charge is 0.240 e. The Hall–Kier alpha value is -2.18. The number of nitrogens with one attached hydrogen (secondary N) is 1. The number of amides is 1. The molecule has 0 unspecified atom stereocenters. The molecule has 0 bridgehead atoms. The number of piperidine rings is 1. The molecule has 1 spiro atoms. The number of benzene rings is 1. The highest BCUT2D eigenvalue weighted by Gasteiger charge is 2.45. The molecule has 3 heterocycles. The number of hydrogen-bond donors (Lipinski definition) is 1. The molecule has 1 amide bonds. The molecule has 2 fully saturated rings. The number of rotatable bonds is 3. The van der Waals surface area contributed by atoms with Crippen molar-refractivity contribution >= 4 is 5.91 Å². The molecule has 2 saturated heterocycles. The molecule has 2 aromatic rings. The SMILES string of the molecule is CN1CCCNC(=O)C12CCN(Cc1ccc(-n3ccnc3)cc1)CC2. The van der Waals surface area contributed by atoms with Gasteiger partial charge < -0.3 is 9.88 Å². The Balaban J connectivity index is 1.38. The van der Waals surface area contributed by atoms with Gasteiger partial charge in [-0.3, -0.25) is 14.6 Å². The second kappa shape index (κ2) is 7.21. The maximum atomic E-state index is 12.6. The third-order valence-corrected chi connectivity index (χ3v) is 5.94. The van der Waals surface area contributed by atoms with Crippen molar-refractivity contribution in [2.75, 3.05) is 33.2 Å². The van der Waals surface area contributed by atoms with Crippen LogP contribution in [0.4, 0.5) is 0 Å². The minimum Gasteiger partial charge on any atom is -0.354 e. The summed E-state index contributed by atoms with van der Waals surface area (Å²) in [6.07, 6.45) is 8.40. The van der Waals surface area contributed by atoms with Crippen LogP contribution in [0.15, 0.2) is 43.0 Å². The molecule has 0 radical (unpaired) electrons. The summed E-state index contributed by atoms with van der Waals surface area (Å²) in [4.78, 5) is 21.5. The van der Waals surface area contributed by atoms with Gasteiger partial charge in [-0.05, 0) is 44.0 Å². The average Bonchev–Trinajstić information content (AvgIpc) is 3.17. The zero-order valence-electron chi connectivity index (χ0n) is 15.4. The second-order valence-corrected chi connectivity index (χ2v) is 7.48. The number of nitrogens with zero attached hydrogens (tertiary/aromatic N) is 4. The highest BCUT2D eigenvalue weighted by Crippen LogP contribution is 2.30. The molecule has 1 aromatic heterocycles. The van der Waals surface area contributed by atoms with Crippen LogP contribution in [0.3, 0.4) is 0 Å². The molecular weight excluding hydrogens is 326 g/mol. The van der Waals surface area contributed by atoms with Crippen LogP contribution in [0, 0.1) is 0 Å². The Bertz CT molecular complexity index is 732. The highest BCUT2D eigenvalue weighted by atomic mass is 16.2. The number of carbonyl (C=O) groups excluding carboxylic acids is 1. The van der Waals surface area contributed by atoms with E-state index in [1.807, 2.05) is 17.1 Å². The van der Waals surface area contributed by atoms with Crippen LogP contribution in [0.2, 0.25) is 0 Å². The Kier molecular flexibility index (Phi) is 4.78. The standard InChI is InChI=1S/C20H27N5O/c1-23-11-2-9-22-19(26)20(23)7-12-24(13-8-20)15-17-3-5-18(6-4-17)25-14-10-21-16-25/h3-6,10,14,16H,2,7-9,11-13,15H2,1H3,(H,22,26). The lowest BCUT2D eigenvalue weighted by Crippen LogP contribution is -2.60. The van der Waals surface area contributed by atoms with Gasteiger partial charge in [-0.2, -0.15) is 0 Å². The van der Waals surface area contributed by atoms with Crippen molar-refractivity contribution in [2.45, 2.75) is 31.3 Å². The second-order valence-electron chi connectivity index (χ2n) is 7.48. The molecule has 6 nitrogen and oxygen atoms in total. The molecule has 0 saturated carbocycles. The van der Waals surface area contributed by atoms with Gasteiger partial charge in [0.1, 0.15) is 5.54 Å². The van der Waals surface area contributed by atoms with E-state index in [1.54, 1.807) is 6.20 Å². The van der Waals surface area contributed by atoms with Gasteiger partial charge in [-0.1, -0.05) is 12.1 Å². The van der Waals surface area contributed by atoms with Crippen molar-refractivity contribution in [1.29, 1.82) is 0 Å². The van der Waals surface area contributed by atoms with Crippen molar-refractivity contribution in [3.05, 3.63) is 48.5 Å². The normalized spacial score (nSPS) is 21.5. The monoisotopic (exact) mass is 353 g/mol. The predicted octanol–water partition coefficient (Wildman–Crippen LogP) is 1.66. The molecule has 1 N–H and O–H groups in total. The third kappa shape index (κ3) is 3.27. The van der Waals surface area contributed by atoms with Crippen molar-refractivity contribution in [3.8, 4) is 5.69 Å². The Morgan fingerprint density at radius 3 is 2.62 bits per heavy atom. The Labute approximate surface area is 154 Å².